The zero-order chi connectivity index (χ0) is 19.9. The van der Waals surface area contributed by atoms with Gasteiger partial charge in [-0.05, 0) is 17.2 Å². The van der Waals surface area contributed by atoms with Crippen molar-refractivity contribution in [2.24, 2.45) is 0 Å². The first kappa shape index (κ1) is 20.0. The fraction of sp³-hybridized carbons (Fsp3) is 0.167. The summed E-state index contributed by atoms with van der Waals surface area (Å²) in [6.45, 7) is 0.0634. The Hall–Kier alpha value is -3.36. The van der Waals surface area contributed by atoms with E-state index in [1.54, 1.807) is 24.3 Å². The lowest BCUT2D eigenvalue weighted by Crippen LogP contribution is -2.24. The molecular formula is C18H15F3N2O4. The number of carbonyl (C=O) groups excluding carboxylic acids is 1. The highest BCUT2D eigenvalue weighted by molar-refractivity contribution is 5.67. The second kappa shape index (κ2) is 8.84. The first-order chi connectivity index (χ1) is 12.8. The van der Waals surface area contributed by atoms with Crippen LogP contribution >= 0.6 is 0 Å². The van der Waals surface area contributed by atoms with Crippen molar-refractivity contribution >= 4 is 17.9 Å². The van der Waals surface area contributed by atoms with E-state index in [1.165, 1.54) is 12.2 Å². The molecule has 2 aromatic carbocycles. The molecule has 0 saturated heterocycles. The number of non-ortho nitro benzene ring substituents is 1. The molecule has 6 nitrogen and oxygen atoms in total. The molecule has 0 unspecified atom stereocenters. The molecule has 0 aliphatic heterocycles. The van der Waals surface area contributed by atoms with E-state index in [9.17, 15) is 28.1 Å². The Bertz CT molecular complexity index is 836. The van der Waals surface area contributed by atoms with Crippen LogP contribution in [0, 0.1) is 10.1 Å². The number of nitro groups is 1. The van der Waals surface area contributed by atoms with Crippen molar-refractivity contribution in [2.75, 3.05) is 6.54 Å². The number of nitrogens with zero attached hydrogens (tertiary/aromatic N) is 1. The van der Waals surface area contributed by atoms with E-state index >= 15 is 0 Å². The average molecular weight is 380 g/mol. The van der Waals surface area contributed by atoms with E-state index < -0.39 is 28.4 Å². The van der Waals surface area contributed by atoms with Crippen LogP contribution < -0.4 is 5.32 Å². The van der Waals surface area contributed by atoms with Gasteiger partial charge < -0.3 is 10.1 Å². The molecule has 2 rings (SSSR count). The maximum absolute atomic E-state index is 12.8. The first-order valence-corrected chi connectivity index (χ1v) is 7.73. The standard InChI is InChI=1S/C18H15F3N2O4/c19-18(20,21)15-9-14(10-16(11-15)23(25)26)7-4-8-22-17(24)27-12-13-5-2-1-3-6-13/h1-7,9-11H,8,12H2,(H,22,24). The van der Waals surface area contributed by atoms with Gasteiger partial charge in [0.25, 0.3) is 5.69 Å². The van der Waals surface area contributed by atoms with Crippen molar-refractivity contribution in [3.63, 3.8) is 0 Å². The second-order valence-electron chi connectivity index (χ2n) is 5.41. The molecule has 27 heavy (non-hydrogen) atoms. The van der Waals surface area contributed by atoms with Crippen LogP contribution in [0.3, 0.4) is 0 Å². The molecule has 0 bridgehead atoms. The van der Waals surface area contributed by atoms with Crippen LogP contribution in [0.5, 0.6) is 0 Å². The number of alkyl halides is 3. The van der Waals surface area contributed by atoms with Crippen LogP contribution in [0.1, 0.15) is 16.7 Å². The molecular weight excluding hydrogens is 365 g/mol. The van der Waals surface area contributed by atoms with Gasteiger partial charge >= 0.3 is 12.3 Å². The van der Waals surface area contributed by atoms with Crippen LogP contribution in [-0.2, 0) is 17.5 Å². The van der Waals surface area contributed by atoms with Crippen molar-refractivity contribution in [2.45, 2.75) is 12.8 Å². The fourth-order valence-electron chi connectivity index (χ4n) is 2.11. The van der Waals surface area contributed by atoms with Gasteiger partial charge in [-0.3, -0.25) is 10.1 Å². The summed E-state index contributed by atoms with van der Waals surface area (Å²) in [6.07, 6.45) is -2.78. The zero-order valence-corrected chi connectivity index (χ0v) is 13.9. The van der Waals surface area contributed by atoms with Crippen LogP contribution in [0.4, 0.5) is 23.7 Å². The topological polar surface area (TPSA) is 81.5 Å². The van der Waals surface area contributed by atoms with Gasteiger partial charge in [-0.25, -0.2) is 4.79 Å². The monoisotopic (exact) mass is 380 g/mol. The Labute approximate surface area is 152 Å². The summed E-state index contributed by atoms with van der Waals surface area (Å²) in [5.74, 6) is 0. The minimum Gasteiger partial charge on any atom is -0.445 e. The largest absolute Gasteiger partial charge is 0.445 e. The molecule has 0 aliphatic rings. The van der Waals surface area contributed by atoms with E-state index in [0.29, 0.717) is 6.07 Å². The molecule has 0 aliphatic carbocycles. The van der Waals surface area contributed by atoms with Crippen LogP contribution in [0.25, 0.3) is 6.08 Å². The van der Waals surface area contributed by atoms with Gasteiger partial charge in [-0.15, -0.1) is 0 Å². The van der Waals surface area contributed by atoms with E-state index in [1.807, 2.05) is 6.07 Å². The lowest BCUT2D eigenvalue weighted by Gasteiger charge is -2.07. The lowest BCUT2D eigenvalue weighted by molar-refractivity contribution is -0.385. The number of rotatable bonds is 6. The number of hydrogen-bond donors (Lipinski definition) is 1. The van der Waals surface area contributed by atoms with E-state index in [4.69, 9.17) is 4.74 Å². The Morgan fingerprint density at radius 2 is 1.89 bits per heavy atom. The number of nitrogens with one attached hydrogen (secondary N) is 1. The summed E-state index contributed by atoms with van der Waals surface area (Å²) in [7, 11) is 0. The number of hydrogen-bond acceptors (Lipinski definition) is 4. The molecule has 1 amide bonds. The van der Waals surface area contributed by atoms with Gasteiger partial charge in [0.15, 0.2) is 0 Å². The van der Waals surface area contributed by atoms with Gasteiger partial charge in [-0.1, -0.05) is 42.5 Å². The SMILES string of the molecule is O=C(NCC=Cc1cc([N+](=O)[O-])cc(C(F)(F)F)c1)OCc1ccccc1. The summed E-state index contributed by atoms with van der Waals surface area (Å²) >= 11 is 0. The molecule has 0 fully saturated rings. The molecule has 0 radical (unpaired) electrons. The summed E-state index contributed by atoms with van der Waals surface area (Å²) in [6, 6.07) is 11.3. The van der Waals surface area contributed by atoms with E-state index in [-0.39, 0.29) is 18.7 Å². The zero-order valence-electron chi connectivity index (χ0n) is 13.9. The summed E-state index contributed by atoms with van der Waals surface area (Å²) in [5.41, 5.74) is -0.985. The van der Waals surface area contributed by atoms with Crippen molar-refractivity contribution in [1.29, 1.82) is 0 Å². The van der Waals surface area contributed by atoms with Gasteiger partial charge in [0.1, 0.15) is 6.61 Å². The van der Waals surface area contributed by atoms with Gasteiger partial charge in [0.05, 0.1) is 10.5 Å². The normalized spacial score (nSPS) is 11.4. The fourth-order valence-corrected chi connectivity index (χ4v) is 2.11. The molecule has 0 spiro atoms. The van der Waals surface area contributed by atoms with Crippen LogP contribution in [-0.4, -0.2) is 17.6 Å². The molecule has 0 heterocycles. The molecule has 0 saturated carbocycles. The van der Waals surface area contributed by atoms with Crippen molar-refractivity contribution < 1.29 is 27.6 Å². The molecule has 9 heteroatoms. The number of benzene rings is 2. The Kier molecular flexibility index (Phi) is 6.53. The molecule has 0 atom stereocenters. The average Bonchev–Trinajstić information content (AvgIpc) is 2.63. The Morgan fingerprint density at radius 1 is 1.19 bits per heavy atom. The molecule has 0 aromatic heterocycles. The number of carbonyl (C=O) groups is 1. The quantitative estimate of drug-likeness (QED) is 0.589. The molecule has 142 valence electrons. The van der Waals surface area contributed by atoms with Gasteiger partial charge in [-0.2, -0.15) is 13.2 Å². The minimum absolute atomic E-state index is 0.00372. The third kappa shape index (κ3) is 6.46. The van der Waals surface area contributed by atoms with E-state index in [2.05, 4.69) is 5.32 Å². The third-order valence-corrected chi connectivity index (χ3v) is 3.37. The predicted molar refractivity (Wildman–Crippen MR) is 91.8 cm³/mol. The number of nitro benzene ring substituents is 1. The Balaban J connectivity index is 1.92. The summed E-state index contributed by atoms with van der Waals surface area (Å²) < 4.78 is 43.4. The number of ether oxygens (including phenoxy) is 1. The number of halogens is 3. The second-order valence-corrected chi connectivity index (χ2v) is 5.41. The summed E-state index contributed by atoms with van der Waals surface area (Å²) in [5, 5.41) is 13.2. The van der Waals surface area contributed by atoms with E-state index in [0.717, 1.165) is 17.7 Å². The maximum Gasteiger partial charge on any atom is 0.416 e. The highest BCUT2D eigenvalue weighted by Crippen LogP contribution is 2.32. The highest BCUT2D eigenvalue weighted by atomic mass is 19.4. The highest BCUT2D eigenvalue weighted by Gasteiger charge is 2.32. The minimum atomic E-state index is -4.70. The van der Waals surface area contributed by atoms with Crippen LogP contribution in [0.15, 0.2) is 54.6 Å². The molecule has 2 aromatic rings. The predicted octanol–water partition coefficient (Wildman–Crippen LogP) is 4.55. The van der Waals surface area contributed by atoms with Crippen LogP contribution in [0.2, 0.25) is 0 Å². The van der Waals surface area contributed by atoms with Crippen molar-refractivity contribution in [1.82, 2.24) is 5.32 Å². The first-order valence-electron chi connectivity index (χ1n) is 7.73. The number of amides is 1. The Morgan fingerprint density at radius 3 is 2.52 bits per heavy atom. The maximum atomic E-state index is 12.8. The summed E-state index contributed by atoms with van der Waals surface area (Å²) in [4.78, 5) is 21.4. The van der Waals surface area contributed by atoms with Gasteiger partial charge in [0.2, 0.25) is 0 Å². The number of alkyl carbamates (subject to hydrolysis) is 1. The third-order valence-electron chi connectivity index (χ3n) is 3.37. The van der Waals surface area contributed by atoms with Crippen molar-refractivity contribution in [3.8, 4) is 0 Å². The van der Waals surface area contributed by atoms with Gasteiger partial charge in [0, 0.05) is 18.7 Å². The lowest BCUT2D eigenvalue weighted by atomic mass is 10.1. The van der Waals surface area contributed by atoms with Crippen molar-refractivity contribution in [3.05, 3.63) is 81.4 Å². The smallest absolute Gasteiger partial charge is 0.416 e. The molecule has 1 N–H and O–H groups in total.